The minimum absolute atomic E-state index is 0.0556. The Bertz CT molecular complexity index is 794. The molecule has 0 unspecified atom stereocenters. The minimum Gasteiger partial charge on any atom is -0.465 e. The molecule has 10 heteroatoms. The summed E-state index contributed by atoms with van der Waals surface area (Å²) in [4.78, 5) is 11.7. The second-order valence-corrected chi connectivity index (χ2v) is 8.72. The fourth-order valence-corrected chi connectivity index (χ4v) is 5.79. The van der Waals surface area contributed by atoms with Gasteiger partial charge in [0.2, 0.25) is 0 Å². The Morgan fingerprint density at radius 1 is 1.38 bits per heavy atom. The summed E-state index contributed by atoms with van der Waals surface area (Å²) in [6.07, 6.45) is 0. The molecule has 0 radical (unpaired) electrons. The molecule has 5 nitrogen and oxygen atoms in total. The zero-order chi connectivity index (χ0) is 15.8. The summed E-state index contributed by atoms with van der Waals surface area (Å²) in [6.45, 7) is 1.68. The van der Waals surface area contributed by atoms with Crippen LogP contribution in [0.2, 0.25) is 8.67 Å². The van der Waals surface area contributed by atoms with Crippen molar-refractivity contribution in [2.45, 2.75) is 11.8 Å². The number of methoxy groups -OCH3 is 1. The zero-order valence-corrected chi connectivity index (χ0v) is 14.7. The van der Waals surface area contributed by atoms with E-state index in [0.29, 0.717) is 5.56 Å². The Morgan fingerprint density at radius 3 is 2.57 bits per heavy atom. The van der Waals surface area contributed by atoms with E-state index < -0.39 is 16.0 Å². The van der Waals surface area contributed by atoms with Gasteiger partial charge in [0.05, 0.1) is 17.1 Å². The summed E-state index contributed by atoms with van der Waals surface area (Å²) in [7, 11) is -2.71. The highest BCUT2D eigenvalue weighted by Crippen LogP contribution is 2.37. The van der Waals surface area contributed by atoms with Crippen LogP contribution in [-0.2, 0) is 14.8 Å². The molecule has 0 amide bonds. The molecule has 0 aliphatic carbocycles. The summed E-state index contributed by atoms with van der Waals surface area (Å²) in [5, 5.41) is 1.66. The first-order chi connectivity index (χ1) is 9.76. The fourth-order valence-electron chi connectivity index (χ4n) is 1.51. The van der Waals surface area contributed by atoms with Crippen LogP contribution < -0.4 is 4.72 Å². The number of carbonyl (C=O) groups is 1. The van der Waals surface area contributed by atoms with E-state index in [2.05, 4.69) is 9.46 Å². The Morgan fingerprint density at radius 2 is 2.05 bits per heavy atom. The highest BCUT2D eigenvalue weighted by molar-refractivity contribution is 7.93. The molecule has 0 aliphatic rings. The topological polar surface area (TPSA) is 72.5 Å². The molecule has 114 valence electrons. The second-order valence-electron chi connectivity index (χ2n) is 3.91. The predicted molar refractivity (Wildman–Crippen MR) is 85.5 cm³/mol. The number of carbonyl (C=O) groups excluding carboxylic acids is 1. The van der Waals surface area contributed by atoms with Crippen molar-refractivity contribution in [2.75, 3.05) is 11.8 Å². The lowest BCUT2D eigenvalue weighted by Crippen LogP contribution is -2.15. The van der Waals surface area contributed by atoms with Crippen molar-refractivity contribution in [2.24, 2.45) is 0 Å². The van der Waals surface area contributed by atoms with Crippen LogP contribution in [0.15, 0.2) is 16.3 Å². The molecule has 2 rings (SSSR count). The number of halogens is 2. The molecular weight excluding hydrogens is 377 g/mol. The fraction of sp³-hybridized carbons (Fsp3) is 0.182. The zero-order valence-electron chi connectivity index (χ0n) is 10.8. The van der Waals surface area contributed by atoms with Crippen molar-refractivity contribution in [3.8, 4) is 0 Å². The smallest absolute Gasteiger partial charge is 0.350 e. The monoisotopic (exact) mass is 385 g/mol. The molecule has 0 atom stereocenters. The molecular formula is C11H9Cl2NO4S3. The van der Waals surface area contributed by atoms with Gasteiger partial charge in [-0.1, -0.05) is 23.2 Å². The van der Waals surface area contributed by atoms with Gasteiger partial charge in [0.15, 0.2) is 0 Å². The number of aryl methyl sites for hydroxylation is 1. The van der Waals surface area contributed by atoms with Gasteiger partial charge in [0.1, 0.15) is 14.1 Å². The molecule has 0 fully saturated rings. The van der Waals surface area contributed by atoms with E-state index in [1.807, 2.05) is 0 Å². The molecule has 0 aliphatic heterocycles. The average molecular weight is 386 g/mol. The van der Waals surface area contributed by atoms with Crippen LogP contribution in [0.1, 0.15) is 15.2 Å². The highest BCUT2D eigenvalue weighted by Gasteiger charge is 2.25. The number of ether oxygens (including phenoxy) is 1. The van der Waals surface area contributed by atoms with Crippen LogP contribution in [0.5, 0.6) is 0 Å². The third-order valence-electron chi connectivity index (χ3n) is 2.50. The number of hydrogen-bond donors (Lipinski definition) is 1. The van der Waals surface area contributed by atoms with Gasteiger partial charge in [0.25, 0.3) is 10.0 Å². The van der Waals surface area contributed by atoms with Gasteiger partial charge in [-0.05, 0) is 23.9 Å². The first-order valence-corrected chi connectivity index (χ1v) is 9.34. The molecule has 2 heterocycles. The maximum absolute atomic E-state index is 12.4. The maximum atomic E-state index is 12.4. The Balaban J connectivity index is 2.44. The standard InChI is InChI=1S/C11H9Cl2NO4S3/c1-5-4-19-9(11(15)18-2)8(5)14-21(16,17)6-3-7(12)20-10(6)13/h3-4,14H,1-2H3. The van der Waals surface area contributed by atoms with Gasteiger partial charge in [-0.3, -0.25) is 4.72 Å². The van der Waals surface area contributed by atoms with Crippen molar-refractivity contribution in [1.29, 1.82) is 0 Å². The lowest BCUT2D eigenvalue weighted by atomic mass is 10.3. The number of sulfonamides is 1. The van der Waals surface area contributed by atoms with Gasteiger partial charge >= 0.3 is 5.97 Å². The van der Waals surface area contributed by atoms with E-state index in [1.54, 1.807) is 12.3 Å². The van der Waals surface area contributed by atoms with Crippen LogP contribution in [0.25, 0.3) is 0 Å². The van der Waals surface area contributed by atoms with Crippen molar-refractivity contribution in [3.63, 3.8) is 0 Å². The lowest BCUT2D eigenvalue weighted by Gasteiger charge is -2.08. The summed E-state index contributed by atoms with van der Waals surface area (Å²) in [5.41, 5.74) is 0.798. The van der Waals surface area contributed by atoms with Gasteiger partial charge in [-0.25, -0.2) is 13.2 Å². The van der Waals surface area contributed by atoms with E-state index >= 15 is 0 Å². The largest absolute Gasteiger partial charge is 0.465 e. The molecule has 1 N–H and O–H groups in total. The summed E-state index contributed by atoms with van der Waals surface area (Å²) >= 11 is 13.7. The molecule has 0 aromatic carbocycles. The molecule has 2 aromatic rings. The van der Waals surface area contributed by atoms with E-state index in [9.17, 15) is 13.2 Å². The number of hydrogen-bond acceptors (Lipinski definition) is 6. The Kier molecular flexibility index (Phi) is 4.84. The SMILES string of the molecule is COC(=O)c1scc(C)c1NS(=O)(=O)c1cc(Cl)sc1Cl. The number of anilines is 1. The third-order valence-corrected chi connectivity index (χ3v) is 6.68. The molecule has 0 saturated heterocycles. The molecule has 2 aromatic heterocycles. The van der Waals surface area contributed by atoms with Crippen molar-refractivity contribution in [3.05, 3.63) is 30.6 Å². The Labute approximate surface area is 139 Å². The van der Waals surface area contributed by atoms with Crippen LogP contribution in [-0.4, -0.2) is 21.5 Å². The van der Waals surface area contributed by atoms with E-state index in [1.165, 1.54) is 13.2 Å². The molecule has 21 heavy (non-hydrogen) atoms. The normalized spacial score (nSPS) is 11.4. The summed E-state index contributed by atoms with van der Waals surface area (Å²) in [5.74, 6) is -0.611. The molecule has 0 spiro atoms. The number of rotatable bonds is 4. The first kappa shape index (κ1) is 16.6. The quantitative estimate of drug-likeness (QED) is 0.806. The second kappa shape index (κ2) is 6.13. The van der Waals surface area contributed by atoms with Crippen LogP contribution in [0.3, 0.4) is 0 Å². The predicted octanol–water partition coefficient (Wildman–Crippen LogP) is 4.01. The molecule has 0 saturated carbocycles. The van der Waals surface area contributed by atoms with Crippen molar-refractivity contribution in [1.82, 2.24) is 0 Å². The summed E-state index contributed by atoms with van der Waals surface area (Å²) in [6, 6.07) is 1.26. The summed E-state index contributed by atoms with van der Waals surface area (Å²) < 4.78 is 32.0. The van der Waals surface area contributed by atoms with E-state index in [4.69, 9.17) is 23.2 Å². The number of nitrogens with one attached hydrogen (secondary N) is 1. The van der Waals surface area contributed by atoms with Gasteiger partial charge in [0, 0.05) is 0 Å². The lowest BCUT2D eigenvalue weighted by molar-refractivity contribution is 0.0607. The first-order valence-electron chi connectivity index (χ1n) is 5.40. The van der Waals surface area contributed by atoms with Gasteiger partial charge < -0.3 is 4.74 Å². The molecule has 0 bridgehead atoms. The highest BCUT2D eigenvalue weighted by atomic mass is 35.5. The minimum atomic E-state index is -3.94. The average Bonchev–Trinajstić information content (AvgIpc) is 2.92. The van der Waals surface area contributed by atoms with Crippen LogP contribution in [0.4, 0.5) is 5.69 Å². The van der Waals surface area contributed by atoms with E-state index in [0.717, 1.165) is 22.7 Å². The van der Waals surface area contributed by atoms with Crippen LogP contribution in [0, 0.1) is 6.92 Å². The third kappa shape index (κ3) is 3.35. The maximum Gasteiger partial charge on any atom is 0.350 e. The van der Waals surface area contributed by atoms with Crippen molar-refractivity contribution < 1.29 is 17.9 Å². The van der Waals surface area contributed by atoms with Gasteiger partial charge in [-0.2, -0.15) is 0 Å². The Hall–Kier alpha value is -0.800. The van der Waals surface area contributed by atoms with E-state index in [-0.39, 0.29) is 24.1 Å². The van der Waals surface area contributed by atoms with Crippen LogP contribution >= 0.6 is 45.9 Å². The van der Waals surface area contributed by atoms with Gasteiger partial charge in [-0.15, -0.1) is 22.7 Å². The number of thiophene rings is 2. The number of esters is 1. The van der Waals surface area contributed by atoms with Crippen molar-refractivity contribution >= 4 is 67.6 Å².